The molecule has 0 saturated carbocycles. The predicted octanol–water partition coefficient (Wildman–Crippen LogP) is 15.9. The van der Waals surface area contributed by atoms with E-state index in [1.54, 1.807) is 48.5 Å². The number of benzene rings is 6. The van der Waals surface area contributed by atoms with Crippen molar-refractivity contribution in [2.24, 2.45) is 0 Å². The SMILES string of the molecule is CC1N(c2ccc(O[C@H]3c4cc(Cl)cc(Cl)c4C[C@H]3N3CCCC3)c(F)c2)C(C)N(c2ccc(O[C@H]3c4cc(Cl)cc(Cl)c4C[C@H]3N3CCCC3)c(F)c2)N1c1ccc(O[C@H]2c3cc(Cl)cc(Cl)c3C[C@H]2N2CCCC2)c(F)c1. The van der Waals surface area contributed by atoms with Crippen LogP contribution in [0.4, 0.5) is 30.2 Å². The monoisotopic (exact) mass is 1190 g/mol. The van der Waals surface area contributed by atoms with Crippen molar-refractivity contribution in [1.82, 2.24) is 14.7 Å². The summed E-state index contributed by atoms with van der Waals surface area (Å²) in [5.41, 5.74) is 6.88. The summed E-state index contributed by atoms with van der Waals surface area (Å²) in [6.07, 6.45) is 5.73. The molecule has 4 fully saturated rings. The van der Waals surface area contributed by atoms with Crippen molar-refractivity contribution >= 4 is 86.7 Å². The molecule has 18 heteroatoms. The second kappa shape index (κ2) is 21.7. The molecule has 0 N–H and O–H groups in total. The van der Waals surface area contributed by atoms with Gasteiger partial charge in [0.2, 0.25) is 0 Å². The maximum atomic E-state index is 17.1. The number of halogens is 9. The van der Waals surface area contributed by atoms with Crippen LogP contribution in [0, 0.1) is 17.5 Å². The van der Waals surface area contributed by atoms with Crippen molar-refractivity contribution in [3.63, 3.8) is 0 Å². The number of nitrogens with zero attached hydrogens (tertiary/aromatic N) is 6. The Morgan fingerprint density at radius 2 is 0.684 bits per heavy atom. The minimum Gasteiger partial charge on any atom is -0.481 e. The van der Waals surface area contributed by atoms with Crippen molar-refractivity contribution in [3.05, 3.63) is 172 Å². The number of anilines is 3. The topological polar surface area (TPSA) is 47.1 Å². The largest absolute Gasteiger partial charge is 0.481 e. The molecule has 13 rings (SSSR count). The third-order valence-electron chi connectivity index (χ3n) is 17.7. The predicted molar refractivity (Wildman–Crippen MR) is 310 cm³/mol. The Balaban J connectivity index is 0.840. The van der Waals surface area contributed by atoms with Crippen LogP contribution in [0.2, 0.25) is 30.1 Å². The summed E-state index contributed by atoms with van der Waals surface area (Å²) < 4.78 is 71.2. The quantitative estimate of drug-likeness (QED) is 0.119. The first-order valence-electron chi connectivity index (χ1n) is 27.6. The van der Waals surface area contributed by atoms with Gasteiger partial charge in [-0.25, -0.2) is 13.2 Å². The molecule has 4 heterocycles. The molecular weight excluding hydrogens is 1130 g/mol. The van der Waals surface area contributed by atoms with Gasteiger partial charge in [0.05, 0.1) is 29.5 Å². The number of rotatable bonds is 12. The van der Waals surface area contributed by atoms with E-state index in [0.29, 0.717) is 66.5 Å². The molecule has 0 radical (unpaired) electrons. The van der Waals surface area contributed by atoms with E-state index >= 15 is 13.2 Å². The van der Waals surface area contributed by atoms with Crippen molar-refractivity contribution in [2.75, 3.05) is 54.2 Å². The van der Waals surface area contributed by atoms with Gasteiger partial charge in [-0.3, -0.25) is 24.7 Å². The first-order chi connectivity index (χ1) is 38.2. The number of hydrogen-bond acceptors (Lipinski definition) is 9. The molecule has 0 spiro atoms. The molecule has 9 nitrogen and oxygen atoms in total. The highest BCUT2D eigenvalue weighted by Gasteiger charge is 2.46. The molecule has 414 valence electrons. The highest BCUT2D eigenvalue weighted by atomic mass is 35.5. The molecule has 7 aliphatic rings. The third kappa shape index (κ3) is 9.84. The van der Waals surface area contributed by atoms with Gasteiger partial charge in [0.25, 0.3) is 0 Å². The van der Waals surface area contributed by atoms with E-state index < -0.39 is 48.1 Å². The molecule has 0 aromatic heterocycles. The fourth-order valence-electron chi connectivity index (χ4n) is 14.1. The second-order valence-electron chi connectivity index (χ2n) is 22.2. The molecule has 6 aromatic rings. The molecule has 0 amide bonds. The number of fused-ring (bicyclic) bond motifs is 3. The van der Waals surface area contributed by atoms with Gasteiger partial charge in [-0.05, 0) is 200 Å². The zero-order valence-corrected chi connectivity index (χ0v) is 48.2. The third-order valence-corrected chi connectivity index (χ3v) is 19.4. The van der Waals surface area contributed by atoms with Gasteiger partial charge >= 0.3 is 0 Å². The first kappa shape index (κ1) is 53.8. The van der Waals surface area contributed by atoms with Crippen molar-refractivity contribution in [1.29, 1.82) is 0 Å². The minimum absolute atomic E-state index is 0.0439. The average Bonchev–Trinajstić information content (AvgIpc) is 4.43. The minimum atomic E-state index is -0.590. The van der Waals surface area contributed by atoms with E-state index in [4.69, 9.17) is 83.8 Å². The molecule has 2 unspecified atom stereocenters. The molecule has 3 aliphatic carbocycles. The second-order valence-corrected chi connectivity index (χ2v) is 24.8. The summed E-state index contributed by atoms with van der Waals surface area (Å²) in [5, 5.41) is 6.98. The molecular formula is C61H59Cl6F3N6O3. The summed E-state index contributed by atoms with van der Waals surface area (Å²) in [6.45, 7) is 9.38. The Morgan fingerprint density at radius 3 is 0.987 bits per heavy atom. The number of ether oxygens (including phenoxy) is 3. The number of hydrazine groups is 1. The molecule has 8 atom stereocenters. The lowest BCUT2D eigenvalue weighted by Gasteiger charge is -2.35. The van der Waals surface area contributed by atoms with Gasteiger partial charge < -0.3 is 19.1 Å². The Hall–Kier alpha value is -4.47. The molecule has 4 saturated heterocycles. The maximum absolute atomic E-state index is 17.1. The van der Waals surface area contributed by atoms with Crippen molar-refractivity contribution in [2.45, 2.75) is 120 Å². The summed E-state index contributed by atoms with van der Waals surface area (Å²) >= 11 is 40.0. The lowest BCUT2D eigenvalue weighted by atomic mass is 10.1. The van der Waals surface area contributed by atoms with E-state index in [1.807, 2.05) is 53.0 Å². The summed E-state index contributed by atoms with van der Waals surface area (Å²) in [7, 11) is 0. The molecule has 79 heavy (non-hydrogen) atoms. The van der Waals surface area contributed by atoms with Gasteiger partial charge in [-0.15, -0.1) is 0 Å². The fourth-order valence-corrected chi connectivity index (χ4v) is 15.8. The van der Waals surface area contributed by atoms with Crippen LogP contribution in [-0.2, 0) is 19.3 Å². The van der Waals surface area contributed by atoms with Crippen LogP contribution in [0.3, 0.4) is 0 Å². The standard InChI is InChI=1S/C61H59Cl6F3N6O3/c1-33-74(38-9-12-56(50(68)27-38)77-59-44-21-35(62)24-47(65)41(44)30-53(59)71-15-3-4-16-71)34(2)76(40-11-14-58(52(70)29-40)79-61-46-23-37(64)26-49(67)43(46)32-55(61)73-19-7-8-20-73)75(33)39-10-13-57(51(69)28-39)78-60-45-22-36(63)25-48(66)42(45)31-54(60)72-17-5-6-18-72/h9-14,21-29,33-34,53-55,59-61H,3-8,15-20,30-32H2,1-2H3/t33?,34?,53-,54-,55-,59+,60+,61+/m1/s1. The Labute approximate surface area is 489 Å². The van der Waals surface area contributed by atoms with Gasteiger partial charge in [-0.1, -0.05) is 69.6 Å². The zero-order chi connectivity index (χ0) is 54.5. The van der Waals surface area contributed by atoms with E-state index in [0.717, 1.165) is 111 Å². The summed E-state index contributed by atoms with van der Waals surface area (Å²) in [6, 6.07) is 25.4. The smallest absolute Gasteiger partial charge is 0.167 e. The van der Waals surface area contributed by atoms with E-state index in [1.165, 1.54) is 18.2 Å². The van der Waals surface area contributed by atoms with Gasteiger partial charge in [0.15, 0.2) is 34.7 Å². The van der Waals surface area contributed by atoms with Crippen LogP contribution in [0.25, 0.3) is 0 Å². The first-order valence-corrected chi connectivity index (χ1v) is 29.8. The fraction of sp³-hybridized carbons (Fsp3) is 0.410. The number of hydrogen-bond donors (Lipinski definition) is 0. The van der Waals surface area contributed by atoms with Crippen LogP contribution in [0.15, 0.2) is 91.0 Å². The van der Waals surface area contributed by atoms with E-state index in [2.05, 4.69) is 14.7 Å². The summed E-state index contributed by atoms with van der Waals surface area (Å²) in [5.74, 6) is -1.51. The Morgan fingerprint density at radius 1 is 0.392 bits per heavy atom. The molecule has 4 aliphatic heterocycles. The van der Waals surface area contributed by atoms with Gasteiger partial charge in [-0.2, -0.15) is 0 Å². The van der Waals surface area contributed by atoms with Crippen LogP contribution >= 0.6 is 69.6 Å². The van der Waals surface area contributed by atoms with Gasteiger partial charge in [0, 0.05) is 70.7 Å². The van der Waals surface area contributed by atoms with E-state index in [9.17, 15) is 0 Å². The lowest BCUT2D eigenvalue weighted by Crippen LogP contribution is -2.43. The van der Waals surface area contributed by atoms with Crippen LogP contribution < -0.4 is 29.1 Å². The number of likely N-dealkylation sites (tertiary alicyclic amines) is 3. The Bertz CT molecular complexity index is 3190. The Kier molecular flexibility index (Phi) is 14.8. The van der Waals surface area contributed by atoms with Crippen LogP contribution in [-0.4, -0.2) is 84.4 Å². The van der Waals surface area contributed by atoms with Crippen LogP contribution in [0.5, 0.6) is 17.2 Å². The lowest BCUT2D eigenvalue weighted by molar-refractivity contribution is 0.0906. The average molecular weight is 1190 g/mol. The zero-order valence-electron chi connectivity index (χ0n) is 43.7. The van der Waals surface area contributed by atoms with Crippen molar-refractivity contribution < 1.29 is 27.4 Å². The van der Waals surface area contributed by atoms with E-state index in [-0.39, 0.29) is 35.4 Å². The van der Waals surface area contributed by atoms with Gasteiger partial charge in [0.1, 0.15) is 30.6 Å². The highest BCUT2D eigenvalue weighted by Crippen LogP contribution is 2.49. The normalized spacial score (nSPS) is 25.9. The molecule has 6 aromatic carbocycles. The highest BCUT2D eigenvalue weighted by molar-refractivity contribution is 6.36. The summed E-state index contributed by atoms with van der Waals surface area (Å²) in [4.78, 5) is 9.21. The van der Waals surface area contributed by atoms with Crippen LogP contribution in [0.1, 0.15) is 104 Å². The maximum Gasteiger partial charge on any atom is 0.167 e. The molecule has 0 bridgehead atoms. The van der Waals surface area contributed by atoms with Crippen molar-refractivity contribution in [3.8, 4) is 17.2 Å².